The Hall–Kier alpha value is -2.14. The lowest BCUT2D eigenvalue weighted by atomic mass is 10.2. The van der Waals surface area contributed by atoms with Gasteiger partial charge < -0.3 is 5.11 Å². The fraction of sp³-hybridized carbons (Fsp3) is 0.286. The van der Waals surface area contributed by atoms with Gasteiger partial charge in [-0.25, -0.2) is 4.79 Å². The minimum Gasteiger partial charge on any atom is -0.476 e. The first-order valence-electron chi connectivity index (χ1n) is 6.28. The highest BCUT2D eigenvalue weighted by Crippen LogP contribution is 2.16. The molecule has 19 heavy (non-hydrogen) atoms. The van der Waals surface area contributed by atoms with Gasteiger partial charge in [-0.05, 0) is 11.6 Å². The van der Waals surface area contributed by atoms with Crippen molar-refractivity contribution in [1.29, 1.82) is 0 Å². The molecule has 0 saturated heterocycles. The van der Waals surface area contributed by atoms with Crippen LogP contribution in [0.4, 0.5) is 0 Å². The maximum absolute atomic E-state index is 10.9. The topological polar surface area (TPSA) is 58.4 Å². The van der Waals surface area contributed by atoms with E-state index in [0.29, 0.717) is 0 Å². The summed E-state index contributed by atoms with van der Waals surface area (Å²) in [7, 11) is 0. The third kappa shape index (κ3) is 2.51. The van der Waals surface area contributed by atoms with Gasteiger partial charge in [0.25, 0.3) is 0 Å². The van der Waals surface area contributed by atoms with Gasteiger partial charge in [0, 0.05) is 19.6 Å². The average Bonchev–Trinajstić information content (AvgIpc) is 2.83. The van der Waals surface area contributed by atoms with E-state index in [0.717, 1.165) is 31.9 Å². The highest BCUT2D eigenvalue weighted by Gasteiger charge is 2.20. The number of rotatable bonds is 3. The van der Waals surface area contributed by atoms with Gasteiger partial charge in [0.05, 0.1) is 12.2 Å². The third-order valence-electron chi connectivity index (χ3n) is 3.35. The van der Waals surface area contributed by atoms with Crippen molar-refractivity contribution in [3.05, 3.63) is 53.3 Å². The number of carboxylic acids is 1. The standard InChI is InChI=1S/C14H15N3O2/c18-14(19)13-8-12-10-16(6-7-17(12)15-13)9-11-4-2-1-3-5-11/h1-5,8H,6-7,9-10H2,(H,18,19). The summed E-state index contributed by atoms with van der Waals surface area (Å²) >= 11 is 0. The van der Waals surface area contributed by atoms with Crippen LogP contribution in [0.25, 0.3) is 0 Å². The molecular formula is C14H15N3O2. The van der Waals surface area contributed by atoms with Crippen LogP contribution in [0, 0.1) is 0 Å². The van der Waals surface area contributed by atoms with Crippen LogP contribution >= 0.6 is 0 Å². The van der Waals surface area contributed by atoms with E-state index in [4.69, 9.17) is 5.11 Å². The number of benzene rings is 1. The summed E-state index contributed by atoms with van der Waals surface area (Å²) in [6, 6.07) is 12.0. The van der Waals surface area contributed by atoms with Gasteiger partial charge in [0.2, 0.25) is 0 Å². The lowest BCUT2D eigenvalue weighted by molar-refractivity contribution is 0.0689. The average molecular weight is 257 g/mol. The van der Waals surface area contributed by atoms with Crippen LogP contribution in [0.3, 0.4) is 0 Å². The number of carboxylic acid groups (broad SMARTS) is 1. The monoisotopic (exact) mass is 257 g/mol. The number of hydrogen-bond donors (Lipinski definition) is 1. The SMILES string of the molecule is O=C(O)c1cc2n(n1)CCN(Cc1ccccc1)C2. The molecule has 5 heteroatoms. The van der Waals surface area contributed by atoms with Crippen molar-refractivity contribution in [2.24, 2.45) is 0 Å². The van der Waals surface area contributed by atoms with Crippen molar-refractivity contribution in [1.82, 2.24) is 14.7 Å². The van der Waals surface area contributed by atoms with Crippen LogP contribution in [0.2, 0.25) is 0 Å². The second-order valence-electron chi connectivity index (χ2n) is 4.75. The maximum Gasteiger partial charge on any atom is 0.356 e. The second-order valence-corrected chi connectivity index (χ2v) is 4.75. The normalized spacial score (nSPS) is 15.2. The van der Waals surface area contributed by atoms with Crippen molar-refractivity contribution in [2.75, 3.05) is 6.54 Å². The Morgan fingerprint density at radius 2 is 2.05 bits per heavy atom. The van der Waals surface area contributed by atoms with E-state index in [2.05, 4.69) is 22.1 Å². The Morgan fingerprint density at radius 3 is 2.79 bits per heavy atom. The third-order valence-corrected chi connectivity index (χ3v) is 3.35. The van der Waals surface area contributed by atoms with Crippen LogP contribution in [0.1, 0.15) is 21.7 Å². The number of carbonyl (C=O) groups is 1. The van der Waals surface area contributed by atoms with Crippen molar-refractivity contribution in [3.8, 4) is 0 Å². The zero-order chi connectivity index (χ0) is 13.2. The summed E-state index contributed by atoms with van der Waals surface area (Å²) in [6.07, 6.45) is 0. The molecule has 2 aromatic rings. The van der Waals surface area contributed by atoms with E-state index in [9.17, 15) is 4.79 Å². The summed E-state index contributed by atoms with van der Waals surface area (Å²) in [6.45, 7) is 3.27. The molecule has 1 aromatic heterocycles. The minimum absolute atomic E-state index is 0.136. The van der Waals surface area contributed by atoms with Crippen LogP contribution in [-0.2, 0) is 19.6 Å². The van der Waals surface area contributed by atoms with E-state index < -0.39 is 5.97 Å². The van der Waals surface area contributed by atoms with Gasteiger partial charge in [0.1, 0.15) is 0 Å². The minimum atomic E-state index is -0.962. The van der Waals surface area contributed by atoms with E-state index in [1.165, 1.54) is 5.56 Å². The zero-order valence-electron chi connectivity index (χ0n) is 10.5. The molecule has 0 saturated carbocycles. The zero-order valence-corrected chi connectivity index (χ0v) is 10.5. The van der Waals surface area contributed by atoms with E-state index in [1.54, 1.807) is 10.7 Å². The molecule has 1 aliphatic heterocycles. The van der Waals surface area contributed by atoms with Crippen molar-refractivity contribution >= 4 is 5.97 Å². The molecule has 98 valence electrons. The van der Waals surface area contributed by atoms with Gasteiger partial charge in [-0.2, -0.15) is 5.10 Å². The summed E-state index contributed by atoms with van der Waals surface area (Å²) in [4.78, 5) is 13.2. The molecular weight excluding hydrogens is 242 g/mol. The maximum atomic E-state index is 10.9. The van der Waals surface area contributed by atoms with E-state index in [-0.39, 0.29) is 5.69 Å². The first kappa shape index (κ1) is 11.9. The van der Waals surface area contributed by atoms with Crippen molar-refractivity contribution < 1.29 is 9.90 Å². The molecule has 0 fully saturated rings. The van der Waals surface area contributed by atoms with E-state index >= 15 is 0 Å². The van der Waals surface area contributed by atoms with Crippen molar-refractivity contribution in [2.45, 2.75) is 19.6 Å². The molecule has 0 bridgehead atoms. The highest BCUT2D eigenvalue weighted by molar-refractivity contribution is 5.85. The van der Waals surface area contributed by atoms with E-state index in [1.807, 2.05) is 18.2 Å². The molecule has 1 N–H and O–H groups in total. The molecule has 2 heterocycles. The first-order chi connectivity index (χ1) is 9.22. The van der Waals surface area contributed by atoms with Gasteiger partial charge in [-0.3, -0.25) is 9.58 Å². The van der Waals surface area contributed by atoms with Crippen molar-refractivity contribution in [3.63, 3.8) is 0 Å². The Balaban J connectivity index is 1.73. The Labute approximate surface area is 111 Å². The molecule has 0 spiro atoms. The lowest BCUT2D eigenvalue weighted by Gasteiger charge is -2.27. The van der Waals surface area contributed by atoms with Crippen LogP contribution in [-0.4, -0.2) is 32.3 Å². The molecule has 1 aliphatic rings. The fourth-order valence-electron chi connectivity index (χ4n) is 2.40. The fourth-order valence-corrected chi connectivity index (χ4v) is 2.40. The lowest BCUT2D eigenvalue weighted by Crippen LogP contribution is -2.33. The molecule has 0 radical (unpaired) electrons. The molecule has 3 rings (SSSR count). The predicted octanol–water partition coefficient (Wildman–Crippen LogP) is 1.60. The van der Waals surface area contributed by atoms with Crippen LogP contribution < -0.4 is 0 Å². The molecule has 5 nitrogen and oxygen atoms in total. The van der Waals surface area contributed by atoms with Crippen LogP contribution in [0.5, 0.6) is 0 Å². The first-order valence-corrected chi connectivity index (χ1v) is 6.28. The molecule has 0 unspecified atom stereocenters. The number of fused-ring (bicyclic) bond motifs is 1. The predicted molar refractivity (Wildman–Crippen MR) is 69.7 cm³/mol. The Morgan fingerprint density at radius 1 is 1.26 bits per heavy atom. The van der Waals surface area contributed by atoms with Gasteiger partial charge in [-0.15, -0.1) is 0 Å². The number of hydrogen-bond acceptors (Lipinski definition) is 3. The number of aromatic carboxylic acids is 1. The van der Waals surface area contributed by atoms with Crippen LogP contribution in [0.15, 0.2) is 36.4 Å². The molecule has 0 atom stereocenters. The smallest absolute Gasteiger partial charge is 0.356 e. The van der Waals surface area contributed by atoms with Gasteiger partial charge in [-0.1, -0.05) is 30.3 Å². The summed E-state index contributed by atoms with van der Waals surface area (Å²) in [5, 5.41) is 13.0. The summed E-state index contributed by atoms with van der Waals surface area (Å²) in [5.74, 6) is -0.962. The number of nitrogens with zero attached hydrogens (tertiary/aromatic N) is 3. The molecule has 0 amide bonds. The van der Waals surface area contributed by atoms with Gasteiger partial charge >= 0.3 is 5.97 Å². The Kier molecular flexibility index (Phi) is 3.05. The quantitative estimate of drug-likeness (QED) is 0.907. The highest BCUT2D eigenvalue weighted by atomic mass is 16.4. The molecule has 0 aliphatic carbocycles. The molecule has 1 aromatic carbocycles. The summed E-state index contributed by atoms with van der Waals surface area (Å²) < 4.78 is 1.80. The summed E-state index contributed by atoms with van der Waals surface area (Å²) in [5.41, 5.74) is 2.38. The number of aromatic nitrogens is 2. The largest absolute Gasteiger partial charge is 0.476 e. The second kappa shape index (κ2) is 4.85. The van der Waals surface area contributed by atoms with Gasteiger partial charge in [0.15, 0.2) is 5.69 Å². The Bertz CT molecular complexity index is 592.